The summed E-state index contributed by atoms with van der Waals surface area (Å²) in [6, 6.07) is 14.6. The molecule has 0 saturated heterocycles. The number of methoxy groups -OCH3 is 1. The first-order chi connectivity index (χ1) is 9.29. The second-order valence-corrected chi connectivity index (χ2v) is 4.70. The van der Waals surface area contributed by atoms with Gasteiger partial charge >= 0.3 is 0 Å². The molecule has 1 unspecified atom stereocenters. The third-order valence-corrected chi connectivity index (χ3v) is 3.10. The van der Waals surface area contributed by atoms with Gasteiger partial charge in [0.25, 0.3) is 0 Å². The minimum atomic E-state index is 0.422. The van der Waals surface area contributed by atoms with Gasteiger partial charge in [0.2, 0.25) is 0 Å². The first-order valence-corrected chi connectivity index (χ1v) is 6.66. The molecule has 1 aromatic carbocycles. The van der Waals surface area contributed by atoms with E-state index in [2.05, 4.69) is 24.4 Å². The fourth-order valence-electron chi connectivity index (χ4n) is 1.90. The molecule has 19 heavy (non-hydrogen) atoms. The van der Waals surface area contributed by atoms with Crippen LogP contribution in [0.5, 0.6) is 0 Å². The van der Waals surface area contributed by atoms with E-state index < -0.39 is 0 Å². The van der Waals surface area contributed by atoms with E-state index in [1.165, 1.54) is 0 Å². The van der Waals surface area contributed by atoms with Gasteiger partial charge in [0.15, 0.2) is 0 Å². The van der Waals surface area contributed by atoms with E-state index >= 15 is 0 Å². The summed E-state index contributed by atoms with van der Waals surface area (Å²) in [6.45, 7) is 3.68. The Hall–Kier alpha value is -1.58. The Morgan fingerprint density at radius 3 is 2.68 bits per heavy atom. The molecule has 3 heteroatoms. The van der Waals surface area contributed by atoms with Gasteiger partial charge < -0.3 is 14.5 Å². The van der Waals surface area contributed by atoms with Crippen LogP contribution < -0.4 is 5.32 Å². The number of benzene rings is 1. The summed E-state index contributed by atoms with van der Waals surface area (Å²) < 4.78 is 10.9. The van der Waals surface area contributed by atoms with E-state index in [0.717, 1.165) is 36.7 Å². The van der Waals surface area contributed by atoms with Crippen LogP contribution in [-0.2, 0) is 11.3 Å². The molecular formula is C16H21NO2. The second-order valence-electron chi connectivity index (χ2n) is 4.70. The van der Waals surface area contributed by atoms with Gasteiger partial charge in [-0.3, -0.25) is 0 Å². The smallest absolute Gasteiger partial charge is 0.134 e. The molecule has 0 aliphatic carbocycles. The monoisotopic (exact) mass is 259 g/mol. The number of hydrogen-bond donors (Lipinski definition) is 1. The molecule has 0 aliphatic heterocycles. The molecule has 0 bridgehead atoms. The van der Waals surface area contributed by atoms with Crippen molar-refractivity contribution in [3.8, 4) is 11.3 Å². The van der Waals surface area contributed by atoms with Crippen molar-refractivity contribution >= 4 is 0 Å². The van der Waals surface area contributed by atoms with E-state index in [9.17, 15) is 0 Å². The fraction of sp³-hybridized carbons (Fsp3) is 0.375. The van der Waals surface area contributed by atoms with Crippen molar-refractivity contribution < 1.29 is 9.15 Å². The van der Waals surface area contributed by atoms with E-state index in [-0.39, 0.29) is 0 Å². The quantitative estimate of drug-likeness (QED) is 0.827. The van der Waals surface area contributed by atoms with Crippen molar-refractivity contribution in [2.45, 2.75) is 25.9 Å². The average Bonchev–Trinajstić information content (AvgIpc) is 2.93. The molecule has 0 fully saturated rings. The standard InChI is InChI=1S/C16H21NO2/c1-13(10-11-18-2)17-12-15-8-9-16(19-15)14-6-4-3-5-7-14/h3-9,13,17H,10-12H2,1-2H3. The molecule has 2 rings (SSSR count). The van der Waals surface area contributed by atoms with Crippen LogP contribution in [0.2, 0.25) is 0 Å². The highest BCUT2D eigenvalue weighted by Crippen LogP contribution is 2.21. The van der Waals surface area contributed by atoms with Crippen molar-refractivity contribution in [2.24, 2.45) is 0 Å². The summed E-state index contributed by atoms with van der Waals surface area (Å²) in [6.07, 6.45) is 1.00. The normalized spacial score (nSPS) is 12.5. The van der Waals surface area contributed by atoms with Crippen LogP contribution in [0.4, 0.5) is 0 Å². The van der Waals surface area contributed by atoms with Crippen LogP contribution in [0.15, 0.2) is 46.9 Å². The van der Waals surface area contributed by atoms with Gasteiger partial charge in [-0.25, -0.2) is 0 Å². The minimum Gasteiger partial charge on any atom is -0.460 e. The Morgan fingerprint density at radius 1 is 1.16 bits per heavy atom. The van der Waals surface area contributed by atoms with Gasteiger partial charge in [0, 0.05) is 25.3 Å². The molecule has 1 aromatic heterocycles. The Labute approximate surface area is 114 Å². The summed E-state index contributed by atoms with van der Waals surface area (Å²) in [4.78, 5) is 0. The average molecular weight is 259 g/mol. The maximum Gasteiger partial charge on any atom is 0.134 e. The zero-order valence-corrected chi connectivity index (χ0v) is 11.6. The van der Waals surface area contributed by atoms with Gasteiger partial charge in [-0.05, 0) is 25.5 Å². The lowest BCUT2D eigenvalue weighted by atomic mass is 10.2. The molecule has 0 amide bonds. The summed E-state index contributed by atoms with van der Waals surface area (Å²) >= 11 is 0. The van der Waals surface area contributed by atoms with Gasteiger partial charge in [-0.2, -0.15) is 0 Å². The van der Waals surface area contributed by atoms with Gasteiger partial charge in [-0.1, -0.05) is 30.3 Å². The van der Waals surface area contributed by atoms with Crippen molar-refractivity contribution in [3.63, 3.8) is 0 Å². The largest absolute Gasteiger partial charge is 0.460 e. The van der Waals surface area contributed by atoms with Crippen LogP contribution in [0.1, 0.15) is 19.1 Å². The molecule has 0 radical (unpaired) electrons. The molecule has 2 aromatic rings. The maximum absolute atomic E-state index is 5.83. The molecule has 1 atom stereocenters. The topological polar surface area (TPSA) is 34.4 Å². The fourth-order valence-corrected chi connectivity index (χ4v) is 1.90. The van der Waals surface area contributed by atoms with Crippen LogP contribution in [0.3, 0.4) is 0 Å². The predicted octanol–water partition coefficient (Wildman–Crippen LogP) is 3.46. The molecule has 3 nitrogen and oxygen atoms in total. The molecule has 0 saturated carbocycles. The van der Waals surface area contributed by atoms with E-state index in [1.807, 2.05) is 30.3 Å². The van der Waals surface area contributed by atoms with Crippen LogP contribution in [0.25, 0.3) is 11.3 Å². The number of furan rings is 1. The summed E-state index contributed by atoms with van der Waals surface area (Å²) in [7, 11) is 1.73. The van der Waals surface area contributed by atoms with E-state index in [1.54, 1.807) is 7.11 Å². The van der Waals surface area contributed by atoms with Gasteiger partial charge in [0.05, 0.1) is 6.54 Å². The van der Waals surface area contributed by atoms with Crippen LogP contribution >= 0.6 is 0 Å². The molecular weight excluding hydrogens is 238 g/mol. The summed E-state index contributed by atoms with van der Waals surface area (Å²) in [5, 5.41) is 3.42. The Morgan fingerprint density at radius 2 is 1.95 bits per heavy atom. The Kier molecular flexibility index (Phi) is 5.19. The maximum atomic E-state index is 5.83. The Bertz CT molecular complexity index is 479. The highest BCUT2D eigenvalue weighted by atomic mass is 16.5. The highest BCUT2D eigenvalue weighted by molar-refractivity contribution is 5.57. The van der Waals surface area contributed by atoms with Crippen LogP contribution in [0, 0.1) is 0 Å². The number of rotatable bonds is 7. The third kappa shape index (κ3) is 4.23. The lowest BCUT2D eigenvalue weighted by Crippen LogP contribution is -2.26. The first-order valence-electron chi connectivity index (χ1n) is 6.66. The number of ether oxygens (including phenoxy) is 1. The zero-order valence-electron chi connectivity index (χ0n) is 11.6. The number of nitrogens with one attached hydrogen (secondary N) is 1. The van der Waals surface area contributed by atoms with Crippen molar-refractivity contribution in [1.29, 1.82) is 0 Å². The van der Waals surface area contributed by atoms with Crippen molar-refractivity contribution in [3.05, 3.63) is 48.2 Å². The zero-order chi connectivity index (χ0) is 13.5. The van der Waals surface area contributed by atoms with E-state index in [4.69, 9.17) is 9.15 Å². The van der Waals surface area contributed by atoms with Crippen molar-refractivity contribution in [1.82, 2.24) is 5.32 Å². The summed E-state index contributed by atoms with van der Waals surface area (Å²) in [5.41, 5.74) is 1.11. The van der Waals surface area contributed by atoms with Crippen molar-refractivity contribution in [2.75, 3.05) is 13.7 Å². The SMILES string of the molecule is COCCC(C)NCc1ccc(-c2ccccc2)o1. The molecule has 0 spiro atoms. The molecule has 1 heterocycles. The first kappa shape index (κ1) is 13.8. The minimum absolute atomic E-state index is 0.422. The lowest BCUT2D eigenvalue weighted by Gasteiger charge is -2.11. The van der Waals surface area contributed by atoms with E-state index in [0.29, 0.717) is 6.04 Å². The predicted molar refractivity (Wildman–Crippen MR) is 76.9 cm³/mol. The molecule has 1 N–H and O–H groups in total. The van der Waals surface area contributed by atoms with Crippen LogP contribution in [-0.4, -0.2) is 19.8 Å². The summed E-state index contributed by atoms with van der Waals surface area (Å²) in [5.74, 6) is 1.88. The molecule has 102 valence electrons. The number of hydrogen-bond acceptors (Lipinski definition) is 3. The van der Waals surface area contributed by atoms with Gasteiger partial charge in [0.1, 0.15) is 11.5 Å². The van der Waals surface area contributed by atoms with Gasteiger partial charge in [-0.15, -0.1) is 0 Å². The molecule has 0 aliphatic rings. The highest BCUT2D eigenvalue weighted by Gasteiger charge is 2.06. The lowest BCUT2D eigenvalue weighted by molar-refractivity contribution is 0.184. The second kappa shape index (κ2) is 7.12. The third-order valence-electron chi connectivity index (χ3n) is 3.10. The Balaban J connectivity index is 1.88.